The molecule has 2 heterocycles. The summed E-state index contributed by atoms with van der Waals surface area (Å²) in [7, 11) is 0. The van der Waals surface area contributed by atoms with Crippen molar-refractivity contribution in [3.8, 4) is 11.3 Å². The molecule has 0 fully saturated rings. The van der Waals surface area contributed by atoms with Crippen molar-refractivity contribution in [3.63, 3.8) is 0 Å². The Morgan fingerprint density at radius 2 is 1.91 bits per heavy atom. The number of hydrogen-bond acceptors (Lipinski definition) is 3. The number of aromatic nitrogens is 3. The van der Waals surface area contributed by atoms with Gasteiger partial charge in [-0.1, -0.05) is 36.4 Å². The van der Waals surface area contributed by atoms with Crippen LogP contribution in [0.5, 0.6) is 0 Å². The summed E-state index contributed by atoms with van der Waals surface area (Å²) in [5.74, 6) is 0.172. The van der Waals surface area contributed by atoms with Crippen molar-refractivity contribution in [1.82, 2.24) is 14.8 Å². The number of H-pyrrole nitrogens is 1. The Labute approximate surface area is 132 Å². The highest BCUT2D eigenvalue weighted by atomic mass is 16.2. The van der Waals surface area contributed by atoms with E-state index in [9.17, 15) is 9.59 Å². The zero-order valence-corrected chi connectivity index (χ0v) is 12.6. The first kappa shape index (κ1) is 14.8. The highest BCUT2D eigenvalue weighted by Gasteiger charge is 2.13. The number of carbonyl (C=O) groups is 1. The SMILES string of the molecule is Cc1c(NC(=O)Cn2ccccc2=O)n[nH]c1-c1ccccc1. The van der Waals surface area contributed by atoms with Crippen LogP contribution in [-0.2, 0) is 11.3 Å². The lowest BCUT2D eigenvalue weighted by atomic mass is 10.1. The highest BCUT2D eigenvalue weighted by molar-refractivity contribution is 5.91. The number of nitrogens with zero attached hydrogens (tertiary/aromatic N) is 2. The average Bonchev–Trinajstić information content (AvgIpc) is 2.91. The van der Waals surface area contributed by atoms with Crippen molar-refractivity contribution >= 4 is 11.7 Å². The van der Waals surface area contributed by atoms with Gasteiger partial charge in [0.25, 0.3) is 5.56 Å². The molecule has 0 bridgehead atoms. The predicted molar refractivity (Wildman–Crippen MR) is 88.1 cm³/mol. The monoisotopic (exact) mass is 308 g/mol. The Hall–Kier alpha value is -3.15. The van der Waals surface area contributed by atoms with E-state index < -0.39 is 0 Å². The van der Waals surface area contributed by atoms with E-state index in [1.807, 2.05) is 37.3 Å². The third kappa shape index (κ3) is 3.21. The molecule has 0 atom stereocenters. The van der Waals surface area contributed by atoms with Gasteiger partial charge >= 0.3 is 0 Å². The lowest BCUT2D eigenvalue weighted by molar-refractivity contribution is -0.116. The quantitative estimate of drug-likeness (QED) is 0.775. The van der Waals surface area contributed by atoms with Gasteiger partial charge < -0.3 is 9.88 Å². The summed E-state index contributed by atoms with van der Waals surface area (Å²) in [6, 6.07) is 14.5. The van der Waals surface area contributed by atoms with Crippen LogP contribution in [0.15, 0.2) is 59.5 Å². The fourth-order valence-corrected chi connectivity index (χ4v) is 2.32. The van der Waals surface area contributed by atoms with Crippen molar-refractivity contribution in [3.05, 3.63) is 70.6 Å². The first-order valence-corrected chi connectivity index (χ1v) is 7.21. The lowest BCUT2D eigenvalue weighted by Gasteiger charge is -2.06. The number of amides is 1. The Bertz CT molecular complexity index is 881. The summed E-state index contributed by atoms with van der Waals surface area (Å²) >= 11 is 0. The molecule has 0 unspecified atom stereocenters. The minimum atomic E-state index is -0.299. The molecular formula is C17H16N4O2. The molecule has 1 amide bonds. The fourth-order valence-electron chi connectivity index (χ4n) is 2.32. The van der Waals surface area contributed by atoms with Crippen LogP contribution >= 0.6 is 0 Å². The molecule has 116 valence electrons. The normalized spacial score (nSPS) is 10.5. The molecule has 3 rings (SSSR count). The zero-order chi connectivity index (χ0) is 16.2. The molecule has 6 nitrogen and oxygen atoms in total. The maximum atomic E-state index is 12.1. The number of rotatable bonds is 4. The van der Waals surface area contributed by atoms with E-state index in [-0.39, 0.29) is 18.0 Å². The molecule has 0 aliphatic heterocycles. The van der Waals surface area contributed by atoms with Crippen molar-refractivity contribution in [2.45, 2.75) is 13.5 Å². The Balaban J connectivity index is 1.76. The van der Waals surface area contributed by atoms with Crippen molar-refractivity contribution < 1.29 is 4.79 Å². The first-order chi connectivity index (χ1) is 11.1. The van der Waals surface area contributed by atoms with Gasteiger partial charge in [0, 0.05) is 17.8 Å². The second-order valence-corrected chi connectivity index (χ2v) is 5.15. The van der Waals surface area contributed by atoms with Crippen LogP contribution in [0.2, 0.25) is 0 Å². The number of benzene rings is 1. The molecule has 0 aliphatic rings. The van der Waals surface area contributed by atoms with Crippen LogP contribution in [0.25, 0.3) is 11.3 Å². The van der Waals surface area contributed by atoms with Gasteiger partial charge in [-0.3, -0.25) is 14.7 Å². The average molecular weight is 308 g/mol. The smallest absolute Gasteiger partial charge is 0.250 e. The minimum Gasteiger partial charge on any atom is -0.307 e. The van der Waals surface area contributed by atoms with Crippen LogP contribution in [0, 0.1) is 6.92 Å². The molecule has 6 heteroatoms. The topological polar surface area (TPSA) is 79.8 Å². The molecule has 0 spiro atoms. The summed E-state index contributed by atoms with van der Waals surface area (Å²) in [5, 5.41) is 9.82. The van der Waals surface area contributed by atoms with Gasteiger partial charge in [0.15, 0.2) is 5.82 Å². The van der Waals surface area contributed by atoms with Gasteiger partial charge in [-0.05, 0) is 18.6 Å². The Morgan fingerprint density at radius 1 is 1.17 bits per heavy atom. The standard InChI is InChI=1S/C17H16N4O2/c1-12-16(13-7-3-2-4-8-13)19-20-17(12)18-14(22)11-21-10-6-5-9-15(21)23/h2-10H,11H2,1H3,(H2,18,19,20,22). The molecule has 3 aromatic rings. The van der Waals surface area contributed by atoms with E-state index in [1.165, 1.54) is 10.6 Å². The van der Waals surface area contributed by atoms with E-state index in [1.54, 1.807) is 18.3 Å². The van der Waals surface area contributed by atoms with E-state index in [4.69, 9.17) is 0 Å². The maximum absolute atomic E-state index is 12.1. The van der Waals surface area contributed by atoms with E-state index in [0.29, 0.717) is 5.82 Å². The molecule has 2 aromatic heterocycles. The van der Waals surface area contributed by atoms with E-state index in [2.05, 4.69) is 15.5 Å². The van der Waals surface area contributed by atoms with Crippen LogP contribution < -0.4 is 10.9 Å². The fraction of sp³-hybridized carbons (Fsp3) is 0.118. The van der Waals surface area contributed by atoms with Gasteiger partial charge in [0.05, 0.1) is 5.69 Å². The Kier molecular flexibility index (Phi) is 4.05. The van der Waals surface area contributed by atoms with E-state index in [0.717, 1.165) is 16.8 Å². The Morgan fingerprint density at radius 3 is 2.65 bits per heavy atom. The number of hydrogen-bond donors (Lipinski definition) is 2. The molecule has 23 heavy (non-hydrogen) atoms. The summed E-state index contributed by atoms with van der Waals surface area (Å²) in [6.45, 7) is 1.84. The highest BCUT2D eigenvalue weighted by Crippen LogP contribution is 2.25. The predicted octanol–water partition coefficient (Wildman–Crippen LogP) is 2.19. The number of carbonyl (C=O) groups excluding carboxylic acids is 1. The van der Waals surface area contributed by atoms with Gasteiger partial charge in [-0.15, -0.1) is 0 Å². The number of nitrogens with one attached hydrogen (secondary N) is 2. The number of anilines is 1. The van der Waals surface area contributed by atoms with E-state index >= 15 is 0 Å². The summed E-state index contributed by atoms with van der Waals surface area (Å²) in [4.78, 5) is 23.7. The molecule has 0 radical (unpaired) electrons. The first-order valence-electron chi connectivity index (χ1n) is 7.21. The lowest BCUT2D eigenvalue weighted by Crippen LogP contribution is -2.26. The maximum Gasteiger partial charge on any atom is 0.250 e. The van der Waals surface area contributed by atoms with Crippen molar-refractivity contribution in [1.29, 1.82) is 0 Å². The minimum absolute atomic E-state index is 0.0490. The van der Waals surface area contributed by atoms with Gasteiger partial charge in [-0.25, -0.2) is 0 Å². The molecule has 2 N–H and O–H groups in total. The second kappa shape index (κ2) is 6.31. The summed E-state index contributed by atoms with van der Waals surface area (Å²) in [6.07, 6.45) is 1.58. The third-order valence-electron chi connectivity index (χ3n) is 3.54. The zero-order valence-electron chi connectivity index (χ0n) is 12.6. The van der Waals surface area contributed by atoms with Gasteiger partial charge in [-0.2, -0.15) is 5.10 Å². The van der Waals surface area contributed by atoms with Gasteiger partial charge in [0.1, 0.15) is 6.54 Å². The van der Waals surface area contributed by atoms with Gasteiger partial charge in [0.2, 0.25) is 5.91 Å². The molecule has 1 aromatic carbocycles. The van der Waals surface area contributed by atoms with Crippen LogP contribution in [-0.4, -0.2) is 20.7 Å². The number of pyridine rings is 1. The molecular weight excluding hydrogens is 292 g/mol. The molecule has 0 saturated heterocycles. The number of aromatic amines is 1. The summed E-state index contributed by atoms with van der Waals surface area (Å²) in [5.41, 5.74) is 2.49. The summed E-state index contributed by atoms with van der Waals surface area (Å²) < 4.78 is 1.34. The largest absolute Gasteiger partial charge is 0.307 e. The third-order valence-corrected chi connectivity index (χ3v) is 3.54. The molecule has 0 saturated carbocycles. The van der Waals surface area contributed by atoms with Crippen LogP contribution in [0.3, 0.4) is 0 Å². The molecule has 0 aliphatic carbocycles. The van der Waals surface area contributed by atoms with Crippen molar-refractivity contribution in [2.75, 3.05) is 5.32 Å². The van der Waals surface area contributed by atoms with Crippen molar-refractivity contribution in [2.24, 2.45) is 0 Å². The second-order valence-electron chi connectivity index (χ2n) is 5.15. The van der Waals surface area contributed by atoms with Crippen LogP contribution in [0.1, 0.15) is 5.56 Å². The van der Waals surface area contributed by atoms with Crippen LogP contribution in [0.4, 0.5) is 5.82 Å².